The molecule has 0 bridgehead atoms. The Morgan fingerprint density at radius 1 is 1.05 bits per heavy atom. The number of likely N-dealkylation sites (N-methyl/N-ethyl adjacent to an activating group) is 1. The van der Waals surface area contributed by atoms with Gasteiger partial charge in [-0.1, -0.05) is 29.8 Å². The summed E-state index contributed by atoms with van der Waals surface area (Å²) in [4.78, 5) is 26.9. The highest BCUT2D eigenvalue weighted by Crippen LogP contribution is 2.35. The minimum Gasteiger partial charge on any atom is -0.495 e. The predicted octanol–water partition coefficient (Wildman–Crippen LogP) is 4.18. The Kier molecular flexibility index (Phi) is 8.55. The smallest absolute Gasteiger partial charge is 0.236 e. The van der Waals surface area contributed by atoms with E-state index in [1.165, 1.54) is 11.1 Å². The van der Waals surface area contributed by atoms with Crippen LogP contribution in [-0.4, -0.2) is 83.5 Å². The lowest BCUT2D eigenvalue weighted by molar-refractivity contribution is -0.129. The molecular weight excluding hydrogens is 544 g/mol. The Morgan fingerprint density at radius 3 is 2.44 bits per heavy atom. The lowest BCUT2D eigenvalue weighted by Gasteiger charge is -2.24. The van der Waals surface area contributed by atoms with Crippen LogP contribution in [0.5, 0.6) is 11.5 Å². The average Bonchev–Trinajstić information content (AvgIpc) is 3.37. The van der Waals surface area contributed by atoms with Crippen LogP contribution in [0.2, 0.25) is 5.02 Å². The van der Waals surface area contributed by atoms with Gasteiger partial charge in [0.05, 0.1) is 50.7 Å². The molecule has 0 saturated heterocycles. The molecule has 1 amide bonds. The Bertz CT molecular complexity index is 1510. The van der Waals surface area contributed by atoms with Crippen LogP contribution in [-0.2, 0) is 17.6 Å². The molecule has 1 aliphatic heterocycles. The number of para-hydroxylation sites is 1. The molecular formula is C29H33ClN8O3. The summed E-state index contributed by atoms with van der Waals surface area (Å²) in [5, 5.41) is 9.89. The molecule has 0 unspecified atom stereocenters. The van der Waals surface area contributed by atoms with Gasteiger partial charge in [-0.15, -0.1) is 0 Å². The Labute approximate surface area is 244 Å². The summed E-state index contributed by atoms with van der Waals surface area (Å²) < 4.78 is 11.1. The average molecular weight is 577 g/mol. The first kappa shape index (κ1) is 28.2. The number of nitrogens with zero attached hydrogens (tertiary/aromatic N) is 7. The van der Waals surface area contributed by atoms with Crippen LogP contribution in [0.3, 0.4) is 0 Å². The van der Waals surface area contributed by atoms with Crippen molar-refractivity contribution in [3.8, 4) is 11.5 Å². The molecule has 0 aliphatic carbocycles. The summed E-state index contributed by atoms with van der Waals surface area (Å²) >= 11 is 6.65. The summed E-state index contributed by atoms with van der Waals surface area (Å²) in [6, 6.07) is 13.8. The summed E-state index contributed by atoms with van der Waals surface area (Å²) in [5.41, 5.74) is 3.93. The van der Waals surface area contributed by atoms with Gasteiger partial charge in [0.25, 0.3) is 0 Å². The lowest BCUT2D eigenvalue weighted by atomic mass is 10.0. The highest BCUT2D eigenvalue weighted by atomic mass is 35.5. The van der Waals surface area contributed by atoms with Gasteiger partial charge in [0.15, 0.2) is 11.6 Å². The van der Waals surface area contributed by atoms with Crippen molar-refractivity contribution in [2.24, 2.45) is 0 Å². The van der Waals surface area contributed by atoms with Crippen molar-refractivity contribution >= 4 is 40.6 Å². The van der Waals surface area contributed by atoms with E-state index < -0.39 is 0 Å². The van der Waals surface area contributed by atoms with E-state index in [0.717, 1.165) is 37.3 Å². The molecule has 2 aromatic carbocycles. The quantitative estimate of drug-likeness (QED) is 0.314. The number of ether oxygens (including phenoxy) is 2. The molecule has 0 fully saturated rings. The number of halogens is 1. The van der Waals surface area contributed by atoms with Crippen LogP contribution in [0.1, 0.15) is 11.1 Å². The second kappa shape index (κ2) is 12.4. The van der Waals surface area contributed by atoms with Gasteiger partial charge in [0.2, 0.25) is 11.9 Å². The first-order chi connectivity index (χ1) is 19.9. The zero-order chi connectivity index (χ0) is 28.9. The van der Waals surface area contributed by atoms with Gasteiger partial charge >= 0.3 is 0 Å². The molecule has 0 spiro atoms. The molecule has 0 radical (unpaired) electrons. The molecule has 41 heavy (non-hydrogen) atoms. The predicted molar refractivity (Wildman–Crippen MR) is 159 cm³/mol. The molecule has 1 N–H and O–H groups in total. The van der Waals surface area contributed by atoms with Crippen LogP contribution in [0.25, 0.3) is 0 Å². The largest absolute Gasteiger partial charge is 0.495 e. The molecule has 3 heterocycles. The monoisotopic (exact) mass is 576 g/mol. The molecule has 5 rings (SSSR count). The number of rotatable bonds is 9. The standard InChI is InChI=1S/C29H33ClN8O3/c1-35(2)27(39)19-36-12-10-20-14-25(26(41-4)15-21(20)11-13-36)33-29-31-17-24(30)28(34-29)38(22-8-6-5-7-9-22)37-18-23(40-3)16-32-37/h5-9,14-18H,10-13,19H2,1-4H3,(H,31,33,34). The molecule has 1 aliphatic rings. The van der Waals surface area contributed by atoms with Gasteiger partial charge in [-0.25, -0.2) is 9.99 Å². The second-order valence-corrected chi connectivity index (χ2v) is 10.2. The maximum atomic E-state index is 12.3. The number of anilines is 4. The normalized spacial score (nSPS) is 13.2. The van der Waals surface area contributed by atoms with E-state index >= 15 is 0 Å². The van der Waals surface area contributed by atoms with Crippen molar-refractivity contribution < 1.29 is 14.3 Å². The van der Waals surface area contributed by atoms with Gasteiger partial charge < -0.3 is 19.7 Å². The van der Waals surface area contributed by atoms with Gasteiger partial charge in [0, 0.05) is 27.2 Å². The number of fused-ring (bicyclic) bond motifs is 1. The summed E-state index contributed by atoms with van der Waals surface area (Å²) in [6.45, 7) is 2.00. The molecule has 11 nitrogen and oxygen atoms in total. The SMILES string of the molecule is COc1cnn(N(c2ccccc2)c2nc(Nc3cc4c(cc3OC)CCN(CC(=O)N(C)C)CC4)ncc2Cl)c1. The first-order valence-electron chi connectivity index (χ1n) is 13.2. The van der Waals surface area contributed by atoms with E-state index in [0.29, 0.717) is 34.8 Å². The third kappa shape index (κ3) is 6.36. The number of methoxy groups -OCH3 is 2. The van der Waals surface area contributed by atoms with Gasteiger partial charge in [-0.05, 0) is 48.2 Å². The zero-order valence-electron chi connectivity index (χ0n) is 23.5. The van der Waals surface area contributed by atoms with Crippen LogP contribution >= 0.6 is 11.6 Å². The van der Waals surface area contributed by atoms with E-state index in [2.05, 4.69) is 32.4 Å². The number of hydrogen-bond donors (Lipinski definition) is 1. The molecule has 0 atom stereocenters. The number of carbonyl (C=O) groups is 1. The third-order valence-corrected chi connectivity index (χ3v) is 7.20. The minimum absolute atomic E-state index is 0.102. The number of nitrogens with one attached hydrogen (secondary N) is 1. The number of carbonyl (C=O) groups excluding carboxylic acids is 1. The highest BCUT2D eigenvalue weighted by molar-refractivity contribution is 6.33. The van der Waals surface area contributed by atoms with Crippen molar-refractivity contribution in [2.75, 3.05) is 58.3 Å². The zero-order valence-corrected chi connectivity index (χ0v) is 24.3. The van der Waals surface area contributed by atoms with E-state index in [-0.39, 0.29) is 5.91 Å². The third-order valence-electron chi connectivity index (χ3n) is 6.93. The van der Waals surface area contributed by atoms with Crippen LogP contribution in [0, 0.1) is 0 Å². The maximum Gasteiger partial charge on any atom is 0.236 e. The lowest BCUT2D eigenvalue weighted by Crippen LogP contribution is -2.37. The maximum absolute atomic E-state index is 12.3. The van der Waals surface area contributed by atoms with Crippen LogP contribution < -0.4 is 19.8 Å². The fourth-order valence-corrected chi connectivity index (χ4v) is 4.84. The van der Waals surface area contributed by atoms with E-state index in [1.54, 1.807) is 61.6 Å². The van der Waals surface area contributed by atoms with Gasteiger partial charge in [-0.2, -0.15) is 14.9 Å². The number of hydrogen-bond acceptors (Lipinski definition) is 9. The van der Waals surface area contributed by atoms with Crippen molar-refractivity contribution in [1.29, 1.82) is 0 Å². The van der Waals surface area contributed by atoms with Crippen molar-refractivity contribution in [3.05, 3.63) is 77.2 Å². The fraction of sp³-hybridized carbons (Fsp3) is 0.310. The molecule has 12 heteroatoms. The molecule has 214 valence electrons. The number of amides is 1. The van der Waals surface area contributed by atoms with E-state index in [9.17, 15) is 4.79 Å². The number of benzene rings is 2. The van der Waals surface area contributed by atoms with E-state index in [4.69, 9.17) is 26.1 Å². The first-order valence-corrected chi connectivity index (χ1v) is 13.6. The second-order valence-electron chi connectivity index (χ2n) is 9.82. The molecule has 0 saturated carbocycles. The van der Waals surface area contributed by atoms with E-state index in [1.807, 2.05) is 30.3 Å². The number of aromatic nitrogens is 4. The topological polar surface area (TPSA) is 101 Å². The summed E-state index contributed by atoms with van der Waals surface area (Å²) in [5.74, 6) is 2.14. The molecule has 2 aromatic heterocycles. The van der Waals surface area contributed by atoms with Gasteiger partial charge in [0.1, 0.15) is 10.8 Å². The Hall–Kier alpha value is -4.35. The fourth-order valence-electron chi connectivity index (χ4n) is 4.66. The van der Waals surface area contributed by atoms with Crippen LogP contribution in [0.4, 0.5) is 23.1 Å². The van der Waals surface area contributed by atoms with Crippen molar-refractivity contribution in [3.63, 3.8) is 0 Å². The van der Waals surface area contributed by atoms with Crippen molar-refractivity contribution in [1.82, 2.24) is 29.7 Å². The minimum atomic E-state index is 0.102. The Balaban J connectivity index is 1.45. The van der Waals surface area contributed by atoms with Gasteiger partial charge in [-0.3, -0.25) is 9.69 Å². The summed E-state index contributed by atoms with van der Waals surface area (Å²) in [6.07, 6.45) is 6.54. The molecule has 4 aromatic rings. The van der Waals surface area contributed by atoms with Crippen LogP contribution in [0.15, 0.2) is 61.1 Å². The Morgan fingerprint density at radius 2 is 1.78 bits per heavy atom. The summed E-state index contributed by atoms with van der Waals surface area (Å²) in [7, 11) is 6.80. The highest BCUT2D eigenvalue weighted by Gasteiger charge is 2.22. The van der Waals surface area contributed by atoms with Crippen molar-refractivity contribution in [2.45, 2.75) is 12.8 Å².